The first-order chi connectivity index (χ1) is 13.8. The summed E-state index contributed by atoms with van der Waals surface area (Å²) in [7, 11) is -1.91. The largest absolute Gasteiger partial charge is 0.496 e. The number of hydrogen-bond acceptors (Lipinski definition) is 6. The fourth-order valence-electron chi connectivity index (χ4n) is 2.57. The van der Waals surface area contributed by atoms with Gasteiger partial charge in [-0.3, -0.25) is 4.79 Å². The first kappa shape index (κ1) is 20.8. The molecule has 0 saturated heterocycles. The van der Waals surface area contributed by atoms with E-state index in [9.17, 15) is 13.2 Å². The lowest BCUT2D eigenvalue weighted by Crippen LogP contribution is -2.13. The standard InChI is InChI=1S/C20H18ClN3O4S/c1-3-29(26,27)19-11-9-17(23-24-19)13-4-7-15(8-5-13)22-20(25)16-12-14(21)6-10-18(16)28-2/h4-12H,3H2,1-2H3,(H,22,25). The van der Waals surface area contributed by atoms with Gasteiger partial charge in [-0.2, -0.15) is 0 Å². The summed E-state index contributed by atoms with van der Waals surface area (Å²) in [6.07, 6.45) is 0. The van der Waals surface area contributed by atoms with Crippen LogP contribution in [0.2, 0.25) is 5.02 Å². The van der Waals surface area contributed by atoms with E-state index < -0.39 is 9.84 Å². The third-order valence-corrected chi connectivity index (χ3v) is 6.03. The maximum Gasteiger partial charge on any atom is 0.259 e. The molecule has 0 radical (unpaired) electrons. The number of rotatable bonds is 6. The van der Waals surface area contributed by atoms with Gasteiger partial charge < -0.3 is 10.1 Å². The van der Waals surface area contributed by atoms with Crippen molar-refractivity contribution in [3.63, 3.8) is 0 Å². The molecule has 0 atom stereocenters. The van der Waals surface area contributed by atoms with Crippen LogP contribution in [0.3, 0.4) is 0 Å². The Bertz CT molecular complexity index is 1130. The van der Waals surface area contributed by atoms with Gasteiger partial charge in [0.1, 0.15) is 5.75 Å². The Morgan fingerprint density at radius 1 is 1.07 bits per heavy atom. The molecule has 7 nitrogen and oxygen atoms in total. The Balaban J connectivity index is 1.77. The number of nitrogens with zero attached hydrogens (tertiary/aromatic N) is 2. The number of aromatic nitrogens is 2. The van der Waals surface area contributed by atoms with Gasteiger partial charge >= 0.3 is 0 Å². The minimum atomic E-state index is -3.39. The zero-order valence-electron chi connectivity index (χ0n) is 15.7. The summed E-state index contributed by atoms with van der Waals surface area (Å²) in [5.74, 6) is 0.0271. The van der Waals surface area contributed by atoms with Gasteiger partial charge in [0.15, 0.2) is 14.9 Å². The molecule has 0 spiro atoms. The van der Waals surface area contributed by atoms with Crippen LogP contribution in [0.25, 0.3) is 11.3 Å². The smallest absolute Gasteiger partial charge is 0.259 e. The molecule has 1 amide bonds. The topological polar surface area (TPSA) is 98.2 Å². The molecule has 0 saturated carbocycles. The number of sulfone groups is 1. The van der Waals surface area contributed by atoms with Crippen molar-refractivity contribution in [2.75, 3.05) is 18.2 Å². The summed E-state index contributed by atoms with van der Waals surface area (Å²) in [6, 6.07) is 14.8. The lowest BCUT2D eigenvalue weighted by atomic mass is 10.1. The molecule has 150 valence electrons. The van der Waals surface area contributed by atoms with Crippen LogP contribution in [-0.4, -0.2) is 37.4 Å². The van der Waals surface area contributed by atoms with E-state index in [1.54, 1.807) is 49.4 Å². The van der Waals surface area contributed by atoms with Crippen LogP contribution >= 0.6 is 11.6 Å². The van der Waals surface area contributed by atoms with Crippen molar-refractivity contribution in [2.24, 2.45) is 0 Å². The second-order valence-corrected chi connectivity index (χ2v) is 8.70. The molecule has 0 bridgehead atoms. The van der Waals surface area contributed by atoms with Crippen LogP contribution in [0.1, 0.15) is 17.3 Å². The average Bonchev–Trinajstić information content (AvgIpc) is 2.74. The first-order valence-electron chi connectivity index (χ1n) is 8.66. The van der Waals surface area contributed by atoms with Crippen LogP contribution in [0.4, 0.5) is 5.69 Å². The molecule has 3 rings (SSSR count). The number of carbonyl (C=O) groups excluding carboxylic acids is 1. The third kappa shape index (κ3) is 4.72. The predicted octanol–water partition coefficient (Wildman–Crippen LogP) is 3.85. The number of amides is 1. The number of benzene rings is 2. The van der Waals surface area contributed by atoms with E-state index in [4.69, 9.17) is 16.3 Å². The summed E-state index contributed by atoms with van der Waals surface area (Å²) in [6.45, 7) is 1.55. The van der Waals surface area contributed by atoms with E-state index >= 15 is 0 Å². The molecule has 9 heteroatoms. The van der Waals surface area contributed by atoms with Crippen molar-refractivity contribution in [3.05, 3.63) is 65.2 Å². The van der Waals surface area contributed by atoms with Crippen LogP contribution < -0.4 is 10.1 Å². The number of carbonyl (C=O) groups is 1. The van der Waals surface area contributed by atoms with Gasteiger partial charge in [-0.15, -0.1) is 10.2 Å². The Morgan fingerprint density at radius 2 is 1.79 bits per heavy atom. The summed E-state index contributed by atoms with van der Waals surface area (Å²) in [4.78, 5) is 12.5. The van der Waals surface area contributed by atoms with Gasteiger partial charge in [0.25, 0.3) is 5.91 Å². The quantitative estimate of drug-likeness (QED) is 0.636. The highest BCUT2D eigenvalue weighted by Gasteiger charge is 2.15. The molecule has 1 heterocycles. The molecule has 0 unspecified atom stereocenters. The minimum Gasteiger partial charge on any atom is -0.496 e. The van der Waals surface area contributed by atoms with Gasteiger partial charge in [0.2, 0.25) is 0 Å². The summed E-state index contributed by atoms with van der Waals surface area (Å²) in [5.41, 5.74) is 2.15. The zero-order valence-corrected chi connectivity index (χ0v) is 17.3. The second kappa shape index (κ2) is 8.59. The predicted molar refractivity (Wildman–Crippen MR) is 111 cm³/mol. The molecule has 0 fully saturated rings. The Morgan fingerprint density at radius 3 is 2.38 bits per heavy atom. The molecule has 0 aliphatic heterocycles. The maximum atomic E-state index is 12.5. The summed E-state index contributed by atoms with van der Waals surface area (Å²) >= 11 is 5.97. The number of hydrogen-bond donors (Lipinski definition) is 1. The van der Waals surface area contributed by atoms with Crippen molar-refractivity contribution < 1.29 is 17.9 Å². The van der Waals surface area contributed by atoms with Crippen molar-refractivity contribution in [3.8, 4) is 17.0 Å². The first-order valence-corrected chi connectivity index (χ1v) is 10.7. The lowest BCUT2D eigenvalue weighted by molar-refractivity contribution is 0.102. The Hall–Kier alpha value is -2.97. The fraction of sp³-hybridized carbons (Fsp3) is 0.150. The van der Waals surface area contributed by atoms with Gasteiger partial charge in [-0.25, -0.2) is 8.42 Å². The van der Waals surface area contributed by atoms with Gasteiger partial charge in [-0.1, -0.05) is 30.7 Å². The molecule has 1 aromatic heterocycles. The number of anilines is 1. The Kier molecular flexibility index (Phi) is 6.14. The summed E-state index contributed by atoms with van der Waals surface area (Å²) < 4.78 is 28.8. The third-order valence-electron chi connectivity index (χ3n) is 4.18. The number of methoxy groups -OCH3 is 1. The zero-order chi connectivity index (χ0) is 21.0. The fourth-order valence-corrected chi connectivity index (χ4v) is 3.48. The van der Waals surface area contributed by atoms with Crippen molar-refractivity contribution in [1.82, 2.24) is 10.2 Å². The molecule has 0 aliphatic carbocycles. The van der Waals surface area contributed by atoms with Crippen molar-refractivity contribution >= 4 is 33.0 Å². The van der Waals surface area contributed by atoms with E-state index in [-0.39, 0.29) is 16.7 Å². The van der Waals surface area contributed by atoms with Crippen LogP contribution in [0.15, 0.2) is 59.6 Å². The van der Waals surface area contributed by atoms with Gasteiger partial charge in [0.05, 0.1) is 24.1 Å². The molecule has 3 aromatic rings. The molecular formula is C20H18ClN3O4S. The highest BCUT2D eigenvalue weighted by Crippen LogP contribution is 2.25. The number of ether oxygens (including phenoxy) is 1. The monoisotopic (exact) mass is 431 g/mol. The van der Waals surface area contributed by atoms with E-state index in [0.29, 0.717) is 27.7 Å². The van der Waals surface area contributed by atoms with E-state index in [2.05, 4.69) is 15.5 Å². The van der Waals surface area contributed by atoms with Crippen molar-refractivity contribution in [2.45, 2.75) is 11.9 Å². The molecule has 0 aliphatic rings. The lowest BCUT2D eigenvalue weighted by Gasteiger charge is -2.10. The molecule has 2 aromatic carbocycles. The Labute approximate surface area is 173 Å². The number of halogens is 1. The van der Waals surface area contributed by atoms with Crippen LogP contribution in [0, 0.1) is 0 Å². The minimum absolute atomic E-state index is 0.0349. The second-order valence-electron chi connectivity index (χ2n) is 6.04. The van der Waals surface area contributed by atoms with E-state index in [0.717, 1.165) is 5.56 Å². The van der Waals surface area contributed by atoms with Crippen LogP contribution in [-0.2, 0) is 9.84 Å². The highest BCUT2D eigenvalue weighted by atomic mass is 35.5. The van der Waals surface area contributed by atoms with E-state index in [1.165, 1.54) is 19.2 Å². The van der Waals surface area contributed by atoms with E-state index in [1.807, 2.05) is 0 Å². The SMILES string of the molecule is CCS(=O)(=O)c1ccc(-c2ccc(NC(=O)c3cc(Cl)ccc3OC)cc2)nn1. The van der Waals surface area contributed by atoms with Crippen molar-refractivity contribution in [1.29, 1.82) is 0 Å². The van der Waals surface area contributed by atoms with Gasteiger partial charge in [0, 0.05) is 16.3 Å². The molecule has 29 heavy (non-hydrogen) atoms. The van der Waals surface area contributed by atoms with Crippen LogP contribution in [0.5, 0.6) is 5.75 Å². The molecule has 1 N–H and O–H groups in total. The maximum absolute atomic E-state index is 12.5. The normalized spacial score (nSPS) is 11.1. The average molecular weight is 432 g/mol. The summed E-state index contributed by atoms with van der Waals surface area (Å²) in [5, 5.41) is 10.9. The van der Waals surface area contributed by atoms with Gasteiger partial charge in [-0.05, 0) is 42.5 Å². The molecular weight excluding hydrogens is 414 g/mol. The number of nitrogens with one attached hydrogen (secondary N) is 1. The highest BCUT2D eigenvalue weighted by molar-refractivity contribution is 7.91.